The molecular weight excluding hydrogens is 402 g/mol. The molecule has 0 radical (unpaired) electrons. The number of rotatable bonds is 5. The molecule has 1 unspecified atom stereocenters. The van der Waals surface area contributed by atoms with Crippen LogP contribution >= 0.6 is 23.1 Å². The number of hydrogen-bond donors (Lipinski definition) is 4. The number of hydrogen-bond acceptors (Lipinski definition) is 7. The highest BCUT2D eigenvalue weighted by atomic mass is 32.2. The highest BCUT2D eigenvalue weighted by Crippen LogP contribution is 2.40. The van der Waals surface area contributed by atoms with Crippen LogP contribution in [0.3, 0.4) is 0 Å². The van der Waals surface area contributed by atoms with E-state index < -0.39 is 23.3 Å². The number of aliphatic carboxylic acids is 1. The summed E-state index contributed by atoms with van der Waals surface area (Å²) in [7, 11) is 0. The van der Waals surface area contributed by atoms with Gasteiger partial charge < -0.3 is 20.8 Å². The largest absolute Gasteiger partial charge is 0.508 e. The van der Waals surface area contributed by atoms with Crippen molar-refractivity contribution in [2.24, 2.45) is 0 Å². The zero-order chi connectivity index (χ0) is 20.0. The first-order chi connectivity index (χ1) is 13.4. The van der Waals surface area contributed by atoms with Crippen molar-refractivity contribution in [1.29, 1.82) is 0 Å². The van der Waals surface area contributed by atoms with Crippen molar-refractivity contribution in [3.63, 3.8) is 0 Å². The first-order valence-corrected chi connectivity index (χ1v) is 10.4. The van der Waals surface area contributed by atoms with E-state index in [0.29, 0.717) is 11.3 Å². The number of β-lactam (4-membered cyclic amide) rings is 1. The van der Waals surface area contributed by atoms with Gasteiger partial charge in [0.2, 0.25) is 5.91 Å². The Kier molecular flexibility index (Phi) is 4.68. The number of amides is 2. The smallest absolute Gasteiger partial charge is 0.352 e. The summed E-state index contributed by atoms with van der Waals surface area (Å²) in [5.74, 6) is -1.19. The van der Waals surface area contributed by atoms with Crippen molar-refractivity contribution in [1.82, 2.24) is 10.2 Å². The van der Waals surface area contributed by atoms with E-state index in [1.807, 2.05) is 5.38 Å². The average Bonchev–Trinajstić information content (AvgIpc) is 3.05. The lowest BCUT2D eigenvalue weighted by Gasteiger charge is -2.49. The Balaban J connectivity index is 1.38. The number of fused-ring (bicyclic) bond motifs is 2. The molecule has 1 fully saturated rings. The van der Waals surface area contributed by atoms with E-state index in [0.717, 1.165) is 15.8 Å². The van der Waals surface area contributed by atoms with Crippen LogP contribution < -0.4 is 10.6 Å². The van der Waals surface area contributed by atoms with Gasteiger partial charge in [-0.15, -0.1) is 23.1 Å². The van der Waals surface area contributed by atoms with E-state index in [2.05, 4.69) is 10.6 Å². The third kappa shape index (κ3) is 3.08. The molecule has 4 rings (SSSR count). The van der Waals surface area contributed by atoms with Crippen molar-refractivity contribution >= 4 is 56.7 Å². The molecule has 10 heteroatoms. The fourth-order valence-electron chi connectivity index (χ4n) is 3.33. The van der Waals surface area contributed by atoms with Gasteiger partial charge in [0.05, 0.1) is 12.2 Å². The van der Waals surface area contributed by atoms with E-state index in [1.54, 1.807) is 25.1 Å². The molecule has 2 aliphatic rings. The van der Waals surface area contributed by atoms with Crippen LogP contribution in [-0.4, -0.2) is 56.6 Å². The number of nitrogens with one attached hydrogen (secondary N) is 2. The second-order valence-corrected chi connectivity index (χ2v) is 8.59. The molecule has 0 saturated carbocycles. The predicted molar refractivity (Wildman–Crippen MR) is 107 cm³/mol. The maximum atomic E-state index is 12.4. The SMILES string of the molecule is CC1=C(C(=O)O)N2C(=O)C(NC(=O)CNc3csc4cc(O)ccc34)[C@@H]2SC1. The molecular formula is C18H17N3O5S2. The van der Waals surface area contributed by atoms with Gasteiger partial charge in [-0.3, -0.25) is 14.5 Å². The van der Waals surface area contributed by atoms with Gasteiger partial charge in [-0.25, -0.2) is 4.79 Å². The highest BCUT2D eigenvalue weighted by molar-refractivity contribution is 8.00. The number of phenols is 1. The number of thioether (sulfide) groups is 1. The molecule has 8 nitrogen and oxygen atoms in total. The second-order valence-electron chi connectivity index (χ2n) is 6.57. The Labute approximate surface area is 168 Å². The van der Waals surface area contributed by atoms with Crippen molar-refractivity contribution in [3.05, 3.63) is 34.8 Å². The van der Waals surface area contributed by atoms with E-state index in [9.17, 15) is 24.6 Å². The summed E-state index contributed by atoms with van der Waals surface area (Å²) in [6.07, 6.45) is 0. The average molecular weight is 419 g/mol. The molecule has 1 saturated heterocycles. The summed E-state index contributed by atoms with van der Waals surface area (Å²) in [4.78, 5) is 37.4. The summed E-state index contributed by atoms with van der Waals surface area (Å²) < 4.78 is 0.898. The molecule has 2 aliphatic heterocycles. The van der Waals surface area contributed by atoms with E-state index in [-0.39, 0.29) is 23.9 Å². The first-order valence-electron chi connectivity index (χ1n) is 8.48. The number of anilines is 1. The predicted octanol–water partition coefficient (Wildman–Crippen LogP) is 1.78. The number of benzene rings is 1. The Bertz CT molecular complexity index is 1030. The molecule has 3 heterocycles. The lowest BCUT2D eigenvalue weighted by atomic mass is 10.0. The van der Waals surface area contributed by atoms with Gasteiger partial charge in [-0.1, -0.05) is 0 Å². The molecule has 2 aromatic rings. The zero-order valence-electron chi connectivity index (χ0n) is 14.8. The number of carbonyl (C=O) groups is 3. The fraction of sp³-hybridized carbons (Fsp3) is 0.278. The fourth-order valence-corrected chi connectivity index (χ4v) is 5.57. The van der Waals surface area contributed by atoms with E-state index in [4.69, 9.17) is 0 Å². The molecule has 0 spiro atoms. The monoisotopic (exact) mass is 419 g/mol. The standard InChI is InChI=1S/C18H17N3O5S2/c1-8-6-28-17-14(16(24)21(17)15(8)18(25)26)20-13(23)5-19-11-7-27-12-4-9(22)2-3-10(11)12/h2-4,7,14,17,19,22H,5-6H2,1H3,(H,20,23)(H,25,26)/t14?,17-/m0/s1. The number of carboxylic acids is 1. The van der Waals surface area contributed by atoms with Crippen LogP contribution in [0, 0.1) is 0 Å². The summed E-state index contributed by atoms with van der Waals surface area (Å²) in [5.41, 5.74) is 1.43. The number of carboxylic acid groups (broad SMARTS) is 1. The second kappa shape index (κ2) is 7.02. The topological polar surface area (TPSA) is 119 Å². The number of thiophene rings is 1. The van der Waals surface area contributed by atoms with Crippen molar-refractivity contribution in [2.45, 2.75) is 18.3 Å². The molecule has 0 aliphatic carbocycles. The van der Waals surface area contributed by atoms with Crippen molar-refractivity contribution in [3.8, 4) is 5.75 Å². The molecule has 1 aromatic heterocycles. The lowest BCUT2D eigenvalue weighted by Crippen LogP contribution is -2.70. The van der Waals surface area contributed by atoms with Crippen LogP contribution in [0.2, 0.25) is 0 Å². The summed E-state index contributed by atoms with van der Waals surface area (Å²) >= 11 is 2.89. The van der Waals surface area contributed by atoms with Gasteiger partial charge in [-0.05, 0) is 30.7 Å². The number of aromatic hydroxyl groups is 1. The minimum absolute atomic E-state index is 0.0189. The normalized spacial score (nSPS) is 21.3. The molecule has 0 bridgehead atoms. The van der Waals surface area contributed by atoms with Crippen LogP contribution in [0.1, 0.15) is 6.92 Å². The Morgan fingerprint density at radius 3 is 2.89 bits per heavy atom. The first kappa shape index (κ1) is 18.6. The molecule has 28 heavy (non-hydrogen) atoms. The van der Waals surface area contributed by atoms with Gasteiger partial charge in [0.15, 0.2) is 0 Å². The van der Waals surface area contributed by atoms with Gasteiger partial charge in [0, 0.05) is 21.2 Å². The van der Waals surface area contributed by atoms with E-state index >= 15 is 0 Å². The van der Waals surface area contributed by atoms with Crippen molar-refractivity contribution < 1.29 is 24.6 Å². The maximum absolute atomic E-state index is 12.4. The van der Waals surface area contributed by atoms with Crippen LogP contribution in [0.25, 0.3) is 10.1 Å². The molecule has 1 aromatic carbocycles. The van der Waals surface area contributed by atoms with E-state index in [1.165, 1.54) is 28.0 Å². The number of carbonyl (C=O) groups excluding carboxylic acids is 2. The van der Waals surface area contributed by atoms with Gasteiger partial charge >= 0.3 is 5.97 Å². The highest BCUT2D eigenvalue weighted by Gasteiger charge is 2.53. The molecule has 2 amide bonds. The van der Waals surface area contributed by atoms with Crippen LogP contribution in [-0.2, 0) is 14.4 Å². The van der Waals surface area contributed by atoms with Crippen LogP contribution in [0.15, 0.2) is 34.8 Å². The van der Waals surface area contributed by atoms with Crippen molar-refractivity contribution in [2.75, 3.05) is 17.6 Å². The number of phenolic OH excluding ortho intramolecular Hbond substituents is 1. The summed E-state index contributed by atoms with van der Waals surface area (Å²) in [5, 5.41) is 27.0. The zero-order valence-corrected chi connectivity index (χ0v) is 16.4. The molecule has 146 valence electrons. The minimum Gasteiger partial charge on any atom is -0.508 e. The third-order valence-corrected chi connectivity index (χ3v) is 7.05. The molecule has 4 N–H and O–H groups in total. The summed E-state index contributed by atoms with van der Waals surface area (Å²) in [6.45, 7) is 1.68. The Morgan fingerprint density at radius 1 is 1.36 bits per heavy atom. The molecule has 2 atom stereocenters. The number of nitrogens with zero attached hydrogens (tertiary/aromatic N) is 1. The van der Waals surface area contributed by atoms with Gasteiger partial charge in [-0.2, -0.15) is 0 Å². The lowest BCUT2D eigenvalue weighted by molar-refractivity contribution is -0.150. The van der Waals surface area contributed by atoms with Crippen LogP contribution in [0.4, 0.5) is 5.69 Å². The van der Waals surface area contributed by atoms with Gasteiger partial charge in [0.25, 0.3) is 5.91 Å². The quantitative estimate of drug-likeness (QED) is 0.546. The van der Waals surface area contributed by atoms with Gasteiger partial charge in [0.1, 0.15) is 22.9 Å². The minimum atomic E-state index is -1.13. The third-order valence-electron chi connectivity index (χ3n) is 4.68. The summed E-state index contributed by atoms with van der Waals surface area (Å²) in [6, 6.07) is 4.29. The Hall–Kier alpha value is -2.72. The maximum Gasteiger partial charge on any atom is 0.352 e. The van der Waals surface area contributed by atoms with Crippen LogP contribution in [0.5, 0.6) is 5.75 Å². The Morgan fingerprint density at radius 2 is 2.14 bits per heavy atom.